The maximum atomic E-state index is 12.8. The maximum Gasteiger partial charge on any atom is 0.319 e. The summed E-state index contributed by atoms with van der Waals surface area (Å²) in [6.07, 6.45) is 0. The zero-order chi connectivity index (χ0) is 21.3. The Hall–Kier alpha value is -3.47. The number of esters is 2. The van der Waals surface area contributed by atoms with Gasteiger partial charge in [-0.25, -0.2) is 0 Å². The molecule has 0 fully saturated rings. The van der Waals surface area contributed by atoms with E-state index in [-0.39, 0.29) is 25.2 Å². The molecule has 2 aromatic carbocycles. The van der Waals surface area contributed by atoms with Crippen molar-refractivity contribution in [2.75, 3.05) is 13.2 Å². The molecular formula is C25H25NO4. The Morgan fingerprint density at radius 1 is 0.667 bits per heavy atom. The van der Waals surface area contributed by atoms with Gasteiger partial charge < -0.3 is 9.47 Å². The van der Waals surface area contributed by atoms with Crippen LogP contribution >= 0.6 is 0 Å². The molecule has 1 aromatic heterocycles. The first-order valence-electron chi connectivity index (χ1n) is 10.1. The van der Waals surface area contributed by atoms with E-state index in [0.29, 0.717) is 11.4 Å². The molecule has 0 unspecified atom stereocenters. The summed E-state index contributed by atoms with van der Waals surface area (Å²) in [5.41, 5.74) is 2.63. The van der Waals surface area contributed by atoms with Crippen molar-refractivity contribution < 1.29 is 19.1 Å². The predicted octanol–water partition coefficient (Wildman–Crippen LogP) is 4.47. The molecule has 5 heteroatoms. The second kappa shape index (κ2) is 10.3. The molecule has 0 saturated carbocycles. The molecule has 0 aliphatic carbocycles. The molecule has 1 heterocycles. The van der Waals surface area contributed by atoms with Crippen LogP contribution in [0.2, 0.25) is 0 Å². The summed E-state index contributed by atoms with van der Waals surface area (Å²) < 4.78 is 10.6. The van der Waals surface area contributed by atoms with E-state index >= 15 is 0 Å². The molecule has 0 amide bonds. The zero-order valence-corrected chi connectivity index (χ0v) is 17.2. The zero-order valence-electron chi connectivity index (χ0n) is 17.2. The normalized spacial score (nSPS) is 12.6. The highest BCUT2D eigenvalue weighted by molar-refractivity contribution is 5.83. The minimum atomic E-state index is -0.676. The molecule has 30 heavy (non-hydrogen) atoms. The number of aromatic nitrogens is 1. The second-order valence-corrected chi connectivity index (χ2v) is 6.68. The van der Waals surface area contributed by atoms with E-state index in [1.54, 1.807) is 26.0 Å². The van der Waals surface area contributed by atoms with Crippen LogP contribution in [0.3, 0.4) is 0 Å². The van der Waals surface area contributed by atoms with Crippen LogP contribution in [0.25, 0.3) is 0 Å². The van der Waals surface area contributed by atoms with Gasteiger partial charge in [0.1, 0.15) is 11.8 Å². The number of carbonyl (C=O) groups is 2. The summed E-state index contributed by atoms with van der Waals surface area (Å²) in [4.78, 5) is 30.3. The van der Waals surface area contributed by atoms with Crippen LogP contribution in [0.5, 0.6) is 0 Å². The van der Waals surface area contributed by atoms with Gasteiger partial charge in [0.25, 0.3) is 0 Å². The fourth-order valence-corrected chi connectivity index (χ4v) is 3.39. The predicted molar refractivity (Wildman–Crippen MR) is 114 cm³/mol. The highest BCUT2D eigenvalue weighted by Crippen LogP contribution is 2.29. The van der Waals surface area contributed by atoms with Crippen molar-refractivity contribution >= 4 is 11.9 Å². The quantitative estimate of drug-likeness (QED) is 0.519. The third-order valence-electron chi connectivity index (χ3n) is 4.69. The van der Waals surface area contributed by atoms with Gasteiger partial charge in [-0.2, -0.15) is 0 Å². The highest BCUT2D eigenvalue weighted by Gasteiger charge is 2.29. The van der Waals surface area contributed by atoms with Gasteiger partial charge in [0.15, 0.2) is 0 Å². The molecule has 3 rings (SSSR count). The number of nitrogens with zero attached hydrogens (tertiary/aromatic N) is 1. The number of benzene rings is 2. The van der Waals surface area contributed by atoms with Crippen molar-refractivity contribution in [1.82, 2.24) is 4.98 Å². The standard InChI is InChI=1S/C25H25NO4/c1-3-29-24(27)22(18-12-7-5-8-13-18)20-16-11-17-21(26-20)23(25(28)30-4-2)19-14-9-6-10-15-19/h5-17,22-23H,3-4H2,1-2H3/t22-,23-/m0/s1. The van der Waals surface area contributed by atoms with Crippen LogP contribution in [0.15, 0.2) is 78.9 Å². The van der Waals surface area contributed by atoms with Gasteiger partial charge in [-0.3, -0.25) is 14.6 Å². The average molecular weight is 403 g/mol. The van der Waals surface area contributed by atoms with Crippen molar-refractivity contribution in [3.05, 3.63) is 101 Å². The Labute approximate surface area is 176 Å². The summed E-state index contributed by atoms with van der Waals surface area (Å²) in [6, 6.07) is 24.1. The molecule has 0 aliphatic rings. The molecule has 0 N–H and O–H groups in total. The Bertz CT molecular complexity index is 896. The first-order valence-corrected chi connectivity index (χ1v) is 10.1. The SMILES string of the molecule is CCOC(=O)[C@@H](c1ccccc1)c1cccc([C@@H](C(=O)OCC)c2ccccc2)n1. The van der Waals surface area contributed by atoms with E-state index in [1.807, 2.05) is 66.7 Å². The lowest BCUT2D eigenvalue weighted by Gasteiger charge is -2.19. The van der Waals surface area contributed by atoms with Crippen LogP contribution in [0, 0.1) is 0 Å². The van der Waals surface area contributed by atoms with Crippen LogP contribution in [0.1, 0.15) is 48.2 Å². The summed E-state index contributed by atoms with van der Waals surface area (Å²) in [5, 5.41) is 0. The molecule has 154 valence electrons. The Morgan fingerprint density at radius 3 is 1.43 bits per heavy atom. The number of carbonyl (C=O) groups excluding carboxylic acids is 2. The molecule has 5 nitrogen and oxygen atoms in total. The smallest absolute Gasteiger partial charge is 0.319 e. The van der Waals surface area contributed by atoms with Crippen LogP contribution in [-0.4, -0.2) is 30.1 Å². The molecule has 0 bridgehead atoms. The highest BCUT2D eigenvalue weighted by atomic mass is 16.5. The van der Waals surface area contributed by atoms with Gasteiger partial charge in [-0.05, 0) is 37.1 Å². The third kappa shape index (κ3) is 4.92. The topological polar surface area (TPSA) is 65.5 Å². The van der Waals surface area contributed by atoms with Crippen LogP contribution in [-0.2, 0) is 19.1 Å². The van der Waals surface area contributed by atoms with Crippen molar-refractivity contribution in [2.45, 2.75) is 25.7 Å². The van der Waals surface area contributed by atoms with E-state index in [2.05, 4.69) is 0 Å². The monoisotopic (exact) mass is 403 g/mol. The number of hydrogen-bond donors (Lipinski definition) is 0. The fraction of sp³-hybridized carbons (Fsp3) is 0.240. The van der Waals surface area contributed by atoms with Gasteiger partial charge in [-0.15, -0.1) is 0 Å². The fourth-order valence-electron chi connectivity index (χ4n) is 3.39. The van der Waals surface area contributed by atoms with E-state index < -0.39 is 11.8 Å². The van der Waals surface area contributed by atoms with Gasteiger partial charge in [0, 0.05) is 0 Å². The van der Waals surface area contributed by atoms with Crippen molar-refractivity contribution in [3.8, 4) is 0 Å². The Kier molecular flexibility index (Phi) is 7.33. The molecular weight excluding hydrogens is 378 g/mol. The van der Waals surface area contributed by atoms with Crippen molar-refractivity contribution in [3.63, 3.8) is 0 Å². The minimum absolute atomic E-state index is 0.275. The van der Waals surface area contributed by atoms with Gasteiger partial charge in [-0.1, -0.05) is 66.7 Å². The van der Waals surface area contributed by atoms with Gasteiger partial charge in [0.2, 0.25) is 0 Å². The summed E-state index contributed by atoms with van der Waals surface area (Å²) >= 11 is 0. The Morgan fingerprint density at radius 2 is 1.07 bits per heavy atom. The minimum Gasteiger partial charge on any atom is -0.465 e. The molecule has 0 aliphatic heterocycles. The van der Waals surface area contributed by atoms with Gasteiger partial charge in [0.05, 0.1) is 24.6 Å². The summed E-state index contributed by atoms with van der Waals surface area (Å²) in [6.45, 7) is 4.10. The lowest BCUT2D eigenvalue weighted by atomic mass is 9.92. The van der Waals surface area contributed by atoms with E-state index in [9.17, 15) is 9.59 Å². The largest absolute Gasteiger partial charge is 0.465 e. The average Bonchev–Trinajstić information content (AvgIpc) is 2.76. The molecule has 3 aromatic rings. The molecule has 0 radical (unpaired) electrons. The van der Waals surface area contributed by atoms with Crippen molar-refractivity contribution in [2.24, 2.45) is 0 Å². The lowest BCUT2D eigenvalue weighted by Crippen LogP contribution is -2.22. The number of hydrogen-bond acceptors (Lipinski definition) is 5. The lowest BCUT2D eigenvalue weighted by molar-refractivity contribution is -0.144. The first-order chi connectivity index (χ1) is 14.7. The van der Waals surface area contributed by atoms with E-state index in [1.165, 1.54) is 0 Å². The van der Waals surface area contributed by atoms with E-state index in [4.69, 9.17) is 14.5 Å². The van der Waals surface area contributed by atoms with E-state index in [0.717, 1.165) is 11.1 Å². The molecule has 0 spiro atoms. The first kappa shape index (κ1) is 21.2. The molecule has 2 atom stereocenters. The number of ether oxygens (including phenoxy) is 2. The summed E-state index contributed by atoms with van der Waals surface area (Å²) in [7, 11) is 0. The third-order valence-corrected chi connectivity index (χ3v) is 4.69. The van der Waals surface area contributed by atoms with Crippen molar-refractivity contribution in [1.29, 1.82) is 0 Å². The van der Waals surface area contributed by atoms with Crippen LogP contribution in [0.4, 0.5) is 0 Å². The Balaban J connectivity index is 2.07. The summed E-state index contributed by atoms with van der Waals surface area (Å²) in [5.74, 6) is -2.10. The van der Waals surface area contributed by atoms with Crippen LogP contribution < -0.4 is 0 Å². The number of pyridine rings is 1. The maximum absolute atomic E-state index is 12.8. The number of rotatable bonds is 8. The second-order valence-electron chi connectivity index (χ2n) is 6.68. The van der Waals surface area contributed by atoms with Gasteiger partial charge >= 0.3 is 11.9 Å². The molecule has 0 saturated heterocycles.